The first-order valence-electron chi connectivity index (χ1n) is 8.74. The molecule has 1 saturated heterocycles. The monoisotopic (exact) mass is 380 g/mol. The third-order valence-electron chi connectivity index (χ3n) is 4.50. The molecule has 0 unspecified atom stereocenters. The molecular weight excluding hydrogens is 356 g/mol. The van der Waals surface area contributed by atoms with Crippen molar-refractivity contribution in [3.05, 3.63) is 40.4 Å². The molecule has 0 amide bonds. The molecule has 0 aliphatic carbocycles. The van der Waals surface area contributed by atoms with E-state index < -0.39 is 10.2 Å². The normalized spacial score (nSPS) is 16.4. The van der Waals surface area contributed by atoms with Crippen molar-refractivity contribution in [2.45, 2.75) is 25.8 Å². The van der Waals surface area contributed by atoms with E-state index in [-0.39, 0.29) is 25.3 Å². The van der Waals surface area contributed by atoms with Gasteiger partial charge in [0.05, 0.1) is 24.1 Å². The lowest BCUT2D eigenvalue weighted by molar-refractivity contribution is 0.172. The van der Waals surface area contributed by atoms with Crippen molar-refractivity contribution in [2.24, 2.45) is 0 Å². The summed E-state index contributed by atoms with van der Waals surface area (Å²) in [4.78, 5) is 19.4. The Labute approximate surface area is 153 Å². The highest BCUT2D eigenvalue weighted by atomic mass is 32.2. The number of hydrogen-bond donors (Lipinski definition) is 1. The number of aromatic amines is 1. The molecule has 1 fully saturated rings. The number of hydrogen-bond acceptors (Lipinski definition) is 5. The van der Waals surface area contributed by atoms with Gasteiger partial charge in [0.2, 0.25) is 0 Å². The van der Waals surface area contributed by atoms with Crippen molar-refractivity contribution in [3.63, 3.8) is 0 Å². The van der Waals surface area contributed by atoms with E-state index in [0.29, 0.717) is 29.8 Å². The second-order valence-corrected chi connectivity index (χ2v) is 8.25. The summed E-state index contributed by atoms with van der Waals surface area (Å²) in [7, 11) is -2.11. The van der Waals surface area contributed by atoms with E-state index in [1.807, 2.05) is 0 Å². The Morgan fingerprint density at radius 1 is 1.23 bits per heavy atom. The second kappa shape index (κ2) is 8.26. The fraction of sp³-hybridized carbons (Fsp3) is 0.529. The van der Waals surface area contributed by atoms with Gasteiger partial charge in [0.25, 0.3) is 15.8 Å². The number of nitrogens with zero attached hydrogens (tertiary/aromatic N) is 3. The maximum atomic E-state index is 13.0. The number of para-hydroxylation sites is 1. The van der Waals surface area contributed by atoms with Gasteiger partial charge < -0.3 is 9.72 Å². The van der Waals surface area contributed by atoms with Crippen LogP contribution in [0.5, 0.6) is 0 Å². The molecule has 2 aromatic rings. The lowest BCUT2D eigenvalue weighted by atomic mass is 10.2. The van der Waals surface area contributed by atoms with Crippen molar-refractivity contribution in [2.75, 3.05) is 33.4 Å². The van der Waals surface area contributed by atoms with Gasteiger partial charge in [0.15, 0.2) is 0 Å². The first-order chi connectivity index (χ1) is 12.5. The van der Waals surface area contributed by atoms with Crippen LogP contribution in [0.15, 0.2) is 29.1 Å². The van der Waals surface area contributed by atoms with Crippen molar-refractivity contribution < 1.29 is 13.2 Å². The molecular formula is C17H24N4O4S. The molecule has 2 heterocycles. The van der Waals surface area contributed by atoms with Crippen LogP contribution in [0.1, 0.15) is 25.1 Å². The third kappa shape index (κ3) is 4.12. The Morgan fingerprint density at radius 3 is 2.69 bits per heavy atom. The third-order valence-corrected chi connectivity index (χ3v) is 6.48. The Bertz CT molecular complexity index is 906. The summed E-state index contributed by atoms with van der Waals surface area (Å²) in [5.74, 6) is 0.324. The Balaban J connectivity index is 1.90. The first kappa shape index (κ1) is 19.0. The molecule has 142 valence electrons. The van der Waals surface area contributed by atoms with Gasteiger partial charge in [-0.15, -0.1) is 0 Å². The number of aromatic nitrogens is 2. The summed E-state index contributed by atoms with van der Waals surface area (Å²) in [5.41, 5.74) is 0.279. The average Bonchev–Trinajstić information content (AvgIpc) is 2.66. The zero-order chi connectivity index (χ0) is 18.6. The molecule has 1 aliphatic heterocycles. The molecule has 3 rings (SSSR count). The van der Waals surface area contributed by atoms with Crippen LogP contribution in [0.3, 0.4) is 0 Å². The minimum absolute atomic E-state index is 0.00225. The quantitative estimate of drug-likeness (QED) is 0.776. The SMILES string of the molecule is COCCN(Cc1nc2ccccc2c(=O)[nH]1)S(=O)(=O)N1CCCCC1. The summed E-state index contributed by atoms with van der Waals surface area (Å²) in [6, 6.07) is 7.00. The van der Waals surface area contributed by atoms with Gasteiger partial charge >= 0.3 is 0 Å². The Kier molecular flexibility index (Phi) is 6.02. The maximum absolute atomic E-state index is 13.0. The smallest absolute Gasteiger partial charge is 0.282 e. The molecule has 0 atom stereocenters. The summed E-state index contributed by atoms with van der Waals surface area (Å²) >= 11 is 0. The summed E-state index contributed by atoms with van der Waals surface area (Å²) in [5, 5.41) is 0.485. The molecule has 9 heteroatoms. The Hall–Kier alpha value is -1.81. The number of benzene rings is 1. The van der Waals surface area contributed by atoms with Gasteiger partial charge in [-0.2, -0.15) is 17.0 Å². The molecule has 8 nitrogen and oxygen atoms in total. The number of rotatable bonds is 7. The van der Waals surface area contributed by atoms with E-state index in [1.165, 1.54) is 15.7 Å². The van der Waals surface area contributed by atoms with Crippen LogP contribution in [0, 0.1) is 0 Å². The molecule has 0 saturated carbocycles. The van der Waals surface area contributed by atoms with E-state index in [9.17, 15) is 13.2 Å². The lowest BCUT2D eigenvalue weighted by Gasteiger charge is -2.31. The zero-order valence-electron chi connectivity index (χ0n) is 14.8. The predicted molar refractivity (Wildman–Crippen MR) is 99.0 cm³/mol. The van der Waals surface area contributed by atoms with Crippen LogP contribution < -0.4 is 5.56 Å². The molecule has 26 heavy (non-hydrogen) atoms. The molecule has 1 N–H and O–H groups in total. The molecule has 1 aliphatic rings. The van der Waals surface area contributed by atoms with E-state index >= 15 is 0 Å². The number of fused-ring (bicyclic) bond motifs is 1. The molecule has 0 spiro atoms. The van der Waals surface area contributed by atoms with Gasteiger partial charge in [-0.1, -0.05) is 18.6 Å². The fourth-order valence-corrected chi connectivity index (χ4v) is 4.74. The number of nitrogens with one attached hydrogen (secondary N) is 1. The minimum Gasteiger partial charge on any atom is -0.383 e. The van der Waals surface area contributed by atoms with Crippen molar-refractivity contribution in [1.29, 1.82) is 0 Å². The van der Waals surface area contributed by atoms with Crippen LogP contribution in [0.4, 0.5) is 0 Å². The number of ether oxygens (including phenoxy) is 1. The molecule has 1 aromatic heterocycles. The maximum Gasteiger partial charge on any atom is 0.282 e. The van der Waals surface area contributed by atoms with E-state index in [1.54, 1.807) is 24.3 Å². The minimum atomic E-state index is -3.64. The van der Waals surface area contributed by atoms with Gasteiger partial charge in [-0.3, -0.25) is 4.79 Å². The highest BCUT2D eigenvalue weighted by Crippen LogP contribution is 2.18. The molecule has 0 bridgehead atoms. The summed E-state index contributed by atoms with van der Waals surface area (Å²) in [6.07, 6.45) is 2.77. The fourth-order valence-electron chi connectivity index (χ4n) is 3.10. The number of piperidine rings is 1. The van der Waals surface area contributed by atoms with Crippen LogP contribution in [-0.4, -0.2) is 60.3 Å². The highest BCUT2D eigenvalue weighted by Gasteiger charge is 2.31. The largest absolute Gasteiger partial charge is 0.383 e. The Morgan fingerprint density at radius 2 is 1.96 bits per heavy atom. The van der Waals surface area contributed by atoms with Crippen molar-refractivity contribution >= 4 is 21.1 Å². The van der Waals surface area contributed by atoms with Crippen LogP contribution >= 0.6 is 0 Å². The van der Waals surface area contributed by atoms with E-state index in [2.05, 4.69) is 9.97 Å². The van der Waals surface area contributed by atoms with Crippen molar-refractivity contribution in [3.8, 4) is 0 Å². The number of H-pyrrole nitrogens is 1. The molecule has 1 aromatic carbocycles. The van der Waals surface area contributed by atoms with Crippen molar-refractivity contribution in [1.82, 2.24) is 18.6 Å². The topological polar surface area (TPSA) is 95.6 Å². The van der Waals surface area contributed by atoms with Crippen LogP contribution in [0.25, 0.3) is 10.9 Å². The van der Waals surface area contributed by atoms with Gasteiger partial charge in [0.1, 0.15) is 5.82 Å². The van der Waals surface area contributed by atoms with Gasteiger partial charge in [0, 0.05) is 26.7 Å². The molecule has 0 radical (unpaired) electrons. The van der Waals surface area contributed by atoms with E-state index in [0.717, 1.165) is 19.3 Å². The predicted octanol–water partition coefficient (Wildman–Crippen LogP) is 1.10. The van der Waals surface area contributed by atoms with Gasteiger partial charge in [-0.05, 0) is 25.0 Å². The summed E-state index contributed by atoms with van der Waals surface area (Å²) in [6.45, 7) is 1.51. The highest BCUT2D eigenvalue weighted by molar-refractivity contribution is 7.86. The summed E-state index contributed by atoms with van der Waals surface area (Å²) < 4.78 is 33.9. The zero-order valence-corrected chi connectivity index (χ0v) is 15.7. The van der Waals surface area contributed by atoms with Gasteiger partial charge in [-0.25, -0.2) is 4.98 Å². The number of methoxy groups -OCH3 is 1. The second-order valence-electron chi connectivity index (χ2n) is 6.32. The van der Waals surface area contributed by atoms with Crippen LogP contribution in [0.2, 0.25) is 0 Å². The lowest BCUT2D eigenvalue weighted by Crippen LogP contribution is -2.47. The van der Waals surface area contributed by atoms with Crippen LogP contribution in [-0.2, 0) is 21.5 Å². The first-order valence-corrected chi connectivity index (χ1v) is 10.1. The average molecular weight is 380 g/mol. The standard InChI is InChI=1S/C17H24N4O4S/c1-25-12-11-21(26(23,24)20-9-5-2-6-10-20)13-16-18-15-8-4-3-7-14(15)17(22)19-16/h3-4,7-8H,2,5-6,9-13H2,1H3,(H,18,19,22). The van der Waals surface area contributed by atoms with E-state index in [4.69, 9.17) is 4.74 Å².